The van der Waals surface area contributed by atoms with Gasteiger partial charge in [0.2, 0.25) is 5.43 Å². The maximum absolute atomic E-state index is 10.7. The molecule has 0 spiro atoms. The van der Waals surface area contributed by atoms with Gasteiger partial charge in [0.1, 0.15) is 6.33 Å². The number of aromatic nitrogens is 4. The van der Waals surface area contributed by atoms with Crippen LogP contribution in [0.4, 0.5) is 0 Å². The van der Waals surface area contributed by atoms with Crippen LogP contribution in [-0.2, 0) is 0 Å². The fraction of sp³-hybridized carbons (Fsp3) is 0. The number of rotatable bonds is 0. The van der Waals surface area contributed by atoms with Gasteiger partial charge in [-0.15, -0.1) is 0 Å². The second-order valence-corrected chi connectivity index (χ2v) is 1.88. The molecule has 0 aliphatic heterocycles. The van der Waals surface area contributed by atoms with Gasteiger partial charge in [-0.2, -0.15) is 10.2 Å². The molecule has 0 aromatic carbocycles. The van der Waals surface area contributed by atoms with Crippen molar-refractivity contribution in [2.24, 2.45) is 0 Å². The molecule has 0 radical (unpaired) electrons. The first-order valence-electron chi connectivity index (χ1n) is 2.74. The third-order valence-electron chi connectivity index (χ3n) is 1.18. The van der Waals surface area contributed by atoms with Gasteiger partial charge in [0.05, 0.1) is 6.20 Å². The van der Waals surface area contributed by atoms with Crippen molar-refractivity contribution >= 4 is 5.65 Å². The molecule has 2 heterocycles. The standard InChI is InChI=1S/C5H4N4O/c10-4-1-5-8-6-3-9(5)7-2-4/h1-3,8H. The van der Waals surface area contributed by atoms with Crippen LogP contribution in [-0.4, -0.2) is 19.8 Å². The van der Waals surface area contributed by atoms with Crippen molar-refractivity contribution in [3.05, 3.63) is 28.8 Å². The Hall–Kier alpha value is -1.65. The van der Waals surface area contributed by atoms with E-state index in [1.165, 1.54) is 23.1 Å². The summed E-state index contributed by atoms with van der Waals surface area (Å²) in [4.78, 5) is 10.7. The van der Waals surface area contributed by atoms with Crippen molar-refractivity contribution in [1.82, 2.24) is 19.8 Å². The van der Waals surface area contributed by atoms with Crippen molar-refractivity contribution in [1.29, 1.82) is 0 Å². The van der Waals surface area contributed by atoms with E-state index in [0.717, 1.165) is 0 Å². The zero-order valence-corrected chi connectivity index (χ0v) is 4.98. The zero-order valence-electron chi connectivity index (χ0n) is 4.98. The molecule has 5 nitrogen and oxygen atoms in total. The van der Waals surface area contributed by atoms with Crippen molar-refractivity contribution in [3.63, 3.8) is 0 Å². The molecule has 1 N–H and O–H groups in total. The number of H-pyrrole nitrogens is 1. The van der Waals surface area contributed by atoms with E-state index in [4.69, 9.17) is 0 Å². The third kappa shape index (κ3) is 0.604. The molecule has 50 valence electrons. The maximum atomic E-state index is 10.7. The highest BCUT2D eigenvalue weighted by Gasteiger charge is 1.91. The minimum absolute atomic E-state index is 0.121. The van der Waals surface area contributed by atoms with Gasteiger partial charge in [0.25, 0.3) is 0 Å². The topological polar surface area (TPSA) is 63.1 Å². The van der Waals surface area contributed by atoms with E-state index in [0.29, 0.717) is 5.65 Å². The maximum Gasteiger partial charge on any atom is 0.202 e. The lowest BCUT2D eigenvalue weighted by Gasteiger charge is -1.84. The molecule has 0 saturated heterocycles. The lowest BCUT2D eigenvalue weighted by atomic mass is 10.5. The smallest absolute Gasteiger partial charge is 0.202 e. The van der Waals surface area contributed by atoms with Crippen LogP contribution in [0.5, 0.6) is 0 Å². The molecule has 0 unspecified atom stereocenters. The largest absolute Gasteiger partial charge is 0.288 e. The molecule has 2 aromatic rings. The Morgan fingerprint density at radius 2 is 2.50 bits per heavy atom. The van der Waals surface area contributed by atoms with E-state index in [-0.39, 0.29) is 5.43 Å². The van der Waals surface area contributed by atoms with Crippen LogP contribution < -0.4 is 5.43 Å². The molecule has 2 rings (SSSR count). The minimum Gasteiger partial charge on any atom is -0.288 e. The summed E-state index contributed by atoms with van der Waals surface area (Å²) in [6, 6.07) is 1.43. The number of hydrogen-bond acceptors (Lipinski definition) is 3. The Morgan fingerprint density at radius 3 is 3.40 bits per heavy atom. The summed E-state index contributed by atoms with van der Waals surface area (Å²) in [7, 11) is 0. The summed E-state index contributed by atoms with van der Waals surface area (Å²) in [6.07, 6.45) is 2.73. The van der Waals surface area contributed by atoms with Crippen LogP contribution >= 0.6 is 0 Å². The molecular formula is C5H4N4O. The Morgan fingerprint density at radius 1 is 1.60 bits per heavy atom. The molecule has 0 aliphatic rings. The van der Waals surface area contributed by atoms with Crippen molar-refractivity contribution in [2.45, 2.75) is 0 Å². The highest BCUT2D eigenvalue weighted by Crippen LogP contribution is 1.86. The Kier molecular flexibility index (Phi) is 0.858. The number of nitrogens with one attached hydrogen (secondary N) is 1. The number of hydrogen-bond donors (Lipinski definition) is 1. The van der Waals surface area contributed by atoms with Crippen LogP contribution in [0.15, 0.2) is 23.4 Å². The molecule has 5 heteroatoms. The monoisotopic (exact) mass is 136 g/mol. The summed E-state index contributed by atoms with van der Waals surface area (Å²) < 4.78 is 1.49. The van der Waals surface area contributed by atoms with Gasteiger partial charge in [-0.1, -0.05) is 0 Å². The molecule has 0 bridgehead atoms. The van der Waals surface area contributed by atoms with Crippen LogP contribution in [0, 0.1) is 0 Å². The predicted octanol–water partition coefficient (Wildman–Crippen LogP) is -0.582. The Bertz CT molecular complexity index is 401. The van der Waals surface area contributed by atoms with E-state index < -0.39 is 0 Å². The summed E-state index contributed by atoms with van der Waals surface area (Å²) in [5.41, 5.74) is 0.483. The molecule has 10 heavy (non-hydrogen) atoms. The zero-order chi connectivity index (χ0) is 6.97. The average molecular weight is 136 g/mol. The fourth-order valence-corrected chi connectivity index (χ4v) is 0.745. The molecular weight excluding hydrogens is 132 g/mol. The highest BCUT2D eigenvalue weighted by molar-refractivity contribution is 5.32. The summed E-state index contributed by atoms with van der Waals surface area (Å²) >= 11 is 0. The van der Waals surface area contributed by atoms with E-state index in [9.17, 15) is 4.79 Å². The van der Waals surface area contributed by atoms with Gasteiger partial charge in [0, 0.05) is 6.07 Å². The fourth-order valence-electron chi connectivity index (χ4n) is 0.745. The minimum atomic E-state index is -0.121. The SMILES string of the molecule is O=c1cnn2cn[nH]c2c1. The second-order valence-electron chi connectivity index (χ2n) is 1.88. The summed E-state index contributed by atoms with van der Waals surface area (Å²) in [6.45, 7) is 0. The Labute approximate surface area is 55.3 Å². The van der Waals surface area contributed by atoms with E-state index in [1.54, 1.807) is 0 Å². The lowest BCUT2D eigenvalue weighted by Crippen LogP contribution is -2.01. The lowest BCUT2D eigenvalue weighted by molar-refractivity contribution is 0.919. The third-order valence-corrected chi connectivity index (χ3v) is 1.18. The van der Waals surface area contributed by atoms with Crippen molar-refractivity contribution < 1.29 is 0 Å². The van der Waals surface area contributed by atoms with Crippen LogP contribution in [0.2, 0.25) is 0 Å². The van der Waals surface area contributed by atoms with Gasteiger partial charge in [0.15, 0.2) is 5.65 Å². The molecule has 0 amide bonds. The molecule has 0 saturated carbocycles. The van der Waals surface area contributed by atoms with E-state index in [2.05, 4.69) is 15.3 Å². The molecule has 0 atom stereocenters. The quantitative estimate of drug-likeness (QED) is 0.526. The molecule has 2 aromatic heterocycles. The molecule has 0 fully saturated rings. The van der Waals surface area contributed by atoms with E-state index in [1.807, 2.05) is 0 Å². The van der Waals surface area contributed by atoms with Gasteiger partial charge in [-0.05, 0) is 0 Å². The predicted molar refractivity (Wildman–Crippen MR) is 33.6 cm³/mol. The first-order valence-corrected chi connectivity index (χ1v) is 2.74. The number of aromatic amines is 1. The van der Waals surface area contributed by atoms with Crippen molar-refractivity contribution in [3.8, 4) is 0 Å². The van der Waals surface area contributed by atoms with Crippen LogP contribution in [0.25, 0.3) is 5.65 Å². The first-order chi connectivity index (χ1) is 4.86. The van der Waals surface area contributed by atoms with Crippen LogP contribution in [0.1, 0.15) is 0 Å². The second kappa shape index (κ2) is 1.66. The number of fused-ring (bicyclic) bond motifs is 1. The molecule has 0 aliphatic carbocycles. The summed E-state index contributed by atoms with van der Waals surface area (Å²) in [5, 5.41) is 10.0. The summed E-state index contributed by atoms with van der Waals surface area (Å²) in [5.74, 6) is 0. The van der Waals surface area contributed by atoms with Crippen LogP contribution in [0.3, 0.4) is 0 Å². The van der Waals surface area contributed by atoms with Crippen molar-refractivity contribution in [2.75, 3.05) is 0 Å². The van der Waals surface area contributed by atoms with Gasteiger partial charge in [-0.3, -0.25) is 9.89 Å². The van der Waals surface area contributed by atoms with E-state index >= 15 is 0 Å². The first kappa shape index (κ1) is 5.16. The van der Waals surface area contributed by atoms with Gasteiger partial charge < -0.3 is 0 Å². The Balaban J connectivity index is 2.99. The van der Waals surface area contributed by atoms with Gasteiger partial charge in [-0.25, -0.2) is 4.52 Å². The van der Waals surface area contributed by atoms with Gasteiger partial charge >= 0.3 is 0 Å². The number of nitrogens with zero attached hydrogens (tertiary/aromatic N) is 3. The average Bonchev–Trinajstić information content (AvgIpc) is 2.33. The normalized spacial score (nSPS) is 10.4. The highest BCUT2D eigenvalue weighted by atomic mass is 16.1.